The van der Waals surface area contributed by atoms with Gasteiger partial charge in [0.15, 0.2) is 0 Å². The van der Waals surface area contributed by atoms with Crippen LogP contribution < -0.4 is 4.74 Å². The van der Waals surface area contributed by atoms with Crippen molar-refractivity contribution < 1.29 is 19.2 Å². The van der Waals surface area contributed by atoms with Crippen LogP contribution in [0.2, 0.25) is 0 Å². The van der Waals surface area contributed by atoms with Crippen molar-refractivity contribution in [2.24, 2.45) is 0 Å². The van der Waals surface area contributed by atoms with Crippen LogP contribution in [0.4, 0.5) is 10.5 Å². The summed E-state index contributed by atoms with van der Waals surface area (Å²) in [6.07, 6.45) is 1.65. The first-order valence-corrected chi connectivity index (χ1v) is 11.5. The van der Waals surface area contributed by atoms with Gasteiger partial charge in [-0.25, -0.2) is 0 Å². The maximum absolute atomic E-state index is 12.9. The van der Waals surface area contributed by atoms with Crippen molar-refractivity contribution in [3.63, 3.8) is 0 Å². The zero-order valence-corrected chi connectivity index (χ0v) is 19.5. The number of para-hydroxylation sites is 1. The van der Waals surface area contributed by atoms with Gasteiger partial charge in [-0.3, -0.25) is 24.6 Å². The lowest BCUT2D eigenvalue weighted by Crippen LogP contribution is -2.27. The van der Waals surface area contributed by atoms with Crippen LogP contribution in [0.25, 0.3) is 6.08 Å². The van der Waals surface area contributed by atoms with E-state index in [0.29, 0.717) is 16.2 Å². The zero-order valence-electron chi connectivity index (χ0n) is 17.1. The number of carbonyl (C=O) groups excluding carboxylic acids is 2. The number of halogens is 1. The number of hydrogen-bond acceptors (Lipinski definition) is 6. The highest BCUT2D eigenvalue weighted by Gasteiger charge is 2.35. The van der Waals surface area contributed by atoms with Crippen LogP contribution in [0.5, 0.6) is 5.75 Å². The van der Waals surface area contributed by atoms with Gasteiger partial charge in [0.05, 0.1) is 16.4 Å². The summed E-state index contributed by atoms with van der Waals surface area (Å²) in [5.41, 5.74) is 2.28. The minimum atomic E-state index is -0.455. The largest absolute Gasteiger partial charge is 0.488 e. The van der Waals surface area contributed by atoms with Crippen LogP contribution >= 0.6 is 27.7 Å². The number of amides is 2. The van der Waals surface area contributed by atoms with Crippen LogP contribution in [-0.4, -0.2) is 21.0 Å². The van der Waals surface area contributed by atoms with Crippen molar-refractivity contribution >= 4 is 50.6 Å². The highest BCUT2D eigenvalue weighted by Crippen LogP contribution is 2.35. The van der Waals surface area contributed by atoms with E-state index in [0.717, 1.165) is 27.4 Å². The Balaban J connectivity index is 1.50. The summed E-state index contributed by atoms with van der Waals surface area (Å²) in [5, 5.41) is 10.5. The average molecular weight is 525 g/mol. The molecule has 1 aliphatic rings. The Morgan fingerprint density at radius 1 is 1.00 bits per heavy atom. The molecule has 3 aromatic carbocycles. The topological polar surface area (TPSA) is 89.7 Å². The van der Waals surface area contributed by atoms with Crippen molar-refractivity contribution in [1.29, 1.82) is 0 Å². The number of benzene rings is 3. The molecule has 9 heteroatoms. The maximum Gasteiger partial charge on any atom is 0.293 e. The predicted octanol–water partition coefficient (Wildman–Crippen LogP) is 6.17. The molecule has 0 unspecified atom stereocenters. The molecule has 0 atom stereocenters. The molecule has 33 heavy (non-hydrogen) atoms. The molecule has 0 bridgehead atoms. The molecule has 3 aromatic rings. The second-order valence-corrected chi connectivity index (χ2v) is 8.96. The summed E-state index contributed by atoms with van der Waals surface area (Å²) in [5.74, 6) is 0.180. The molecule has 7 nitrogen and oxygen atoms in total. The lowest BCUT2D eigenvalue weighted by molar-refractivity contribution is -0.384. The molecule has 1 fully saturated rings. The Hall–Kier alpha value is -3.43. The Bertz CT molecular complexity index is 1260. The van der Waals surface area contributed by atoms with Crippen LogP contribution in [0.1, 0.15) is 16.7 Å². The molecular formula is C24H17BrN2O5S. The van der Waals surface area contributed by atoms with Gasteiger partial charge in [-0.2, -0.15) is 0 Å². The van der Waals surface area contributed by atoms with Gasteiger partial charge in [0, 0.05) is 22.2 Å². The van der Waals surface area contributed by atoms with Crippen molar-refractivity contribution in [2.45, 2.75) is 13.2 Å². The lowest BCUT2D eigenvalue weighted by atomic mass is 10.1. The summed E-state index contributed by atoms with van der Waals surface area (Å²) in [6, 6.07) is 20.7. The normalized spacial score (nSPS) is 14.7. The van der Waals surface area contributed by atoms with E-state index in [-0.39, 0.29) is 30.0 Å². The number of thioether (sulfide) groups is 1. The number of nitro groups is 1. The van der Waals surface area contributed by atoms with Crippen molar-refractivity contribution in [1.82, 2.24) is 4.90 Å². The maximum atomic E-state index is 12.9. The van der Waals surface area contributed by atoms with Gasteiger partial charge in [-0.05, 0) is 53.2 Å². The molecule has 166 valence electrons. The fraction of sp³-hybridized carbons (Fsp3) is 0.0833. The van der Waals surface area contributed by atoms with Crippen molar-refractivity contribution in [2.75, 3.05) is 0 Å². The first-order chi connectivity index (χ1) is 15.9. The Labute approximate surface area is 202 Å². The summed E-state index contributed by atoms with van der Waals surface area (Å²) in [6.45, 7) is 0.383. The van der Waals surface area contributed by atoms with E-state index in [2.05, 4.69) is 15.9 Å². The van der Waals surface area contributed by atoms with Gasteiger partial charge in [-0.15, -0.1) is 0 Å². The van der Waals surface area contributed by atoms with E-state index < -0.39 is 4.92 Å². The van der Waals surface area contributed by atoms with Crippen LogP contribution in [0.3, 0.4) is 0 Å². The molecule has 0 aliphatic carbocycles. The van der Waals surface area contributed by atoms with E-state index in [4.69, 9.17) is 4.74 Å². The number of non-ortho nitro benzene ring substituents is 1. The van der Waals surface area contributed by atoms with Gasteiger partial charge < -0.3 is 4.74 Å². The van der Waals surface area contributed by atoms with Crippen LogP contribution in [0, 0.1) is 10.1 Å². The van der Waals surface area contributed by atoms with Crippen molar-refractivity contribution in [3.05, 3.63) is 109 Å². The minimum absolute atomic E-state index is 0.0115. The molecule has 2 amide bonds. The summed E-state index contributed by atoms with van der Waals surface area (Å²) < 4.78 is 6.73. The van der Waals surface area contributed by atoms with E-state index in [9.17, 15) is 19.7 Å². The number of ether oxygens (including phenoxy) is 1. The fourth-order valence-electron chi connectivity index (χ4n) is 3.18. The molecule has 1 saturated heterocycles. The average Bonchev–Trinajstić information content (AvgIpc) is 3.07. The summed E-state index contributed by atoms with van der Waals surface area (Å²) >= 11 is 4.34. The lowest BCUT2D eigenvalue weighted by Gasteiger charge is -2.13. The molecule has 1 heterocycles. The van der Waals surface area contributed by atoms with Gasteiger partial charge in [0.25, 0.3) is 16.8 Å². The molecular weight excluding hydrogens is 508 g/mol. The minimum Gasteiger partial charge on any atom is -0.488 e. The van der Waals surface area contributed by atoms with Gasteiger partial charge in [0.1, 0.15) is 12.4 Å². The fourth-order valence-corrected chi connectivity index (χ4v) is 4.42. The smallest absolute Gasteiger partial charge is 0.293 e. The molecule has 0 saturated carbocycles. The SMILES string of the molecule is O=C1S/C(=C\c2ccccc2OCc2ccc([N+](=O)[O-])cc2)C(=O)N1Cc1ccccc1Br. The van der Waals surface area contributed by atoms with E-state index in [1.807, 2.05) is 30.3 Å². The van der Waals surface area contributed by atoms with E-state index in [1.165, 1.54) is 17.0 Å². The van der Waals surface area contributed by atoms with Crippen LogP contribution in [0.15, 0.2) is 82.2 Å². The quantitative estimate of drug-likeness (QED) is 0.208. The monoisotopic (exact) mass is 524 g/mol. The Morgan fingerprint density at radius 3 is 2.42 bits per heavy atom. The molecule has 0 N–H and O–H groups in total. The van der Waals surface area contributed by atoms with E-state index in [1.54, 1.807) is 36.4 Å². The van der Waals surface area contributed by atoms with Gasteiger partial charge in [0.2, 0.25) is 0 Å². The third-order valence-electron chi connectivity index (χ3n) is 4.91. The zero-order chi connectivity index (χ0) is 23.4. The number of imide groups is 1. The molecule has 0 spiro atoms. The molecule has 1 aliphatic heterocycles. The standard InChI is InChI=1S/C24H17BrN2O5S/c25-20-7-3-1-6-18(20)14-26-23(28)22(33-24(26)29)13-17-5-2-4-8-21(17)32-15-16-9-11-19(12-10-16)27(30)31/h1-13H,14-15H2/b22-13-. The number of hydrogen-bond donors (Lipinski definition) is 0. The third kappa shape index (κ3) is 5.32. The number of nitro benzene ring substituents is 1. The highest BCUT2D eigenvalue weighted by molar-refractivity contribution is 9.10. The predicted molar refractivity (Wildman–Crippen MR) is 130 cm³/mol. The summed E-state index contributed by atoms with van der Waals surface area (Å²) in [7, 11) is 0. The summed E-state index contributed by atoms with van der Waals surface area (Å²) in [4.78, 5) is 37.3. The van der Waals surface area contributed by atoms with Crippen molar-refractivity contribution in [3.8, 4) is 5.75 Å². The molecule has 4 rings (SSSR count). The second kappa shape index (κ2) is 10.0. The Morgan fingerprint density at radius 2 is 1.70 bits per heavy atom. The highest BCUT2D eigenvalue weighted by atomic mass is 79.9. The Kier molecular flexibility index (Phi) is 6.90. The first-order valence-electron chi connectivity index (χ1n) is 9.86. The molecule has 0 aromatic heterocycles. The van der Waals surface area contributed by atoms with Gasteiger partial charge in [-0.1, -0.05) is 52.3 Å². The van der Waals surface area contributed by atoms with Crippen LogP contribution in [-0.2, 0) is 17.9 Å². The first kappa shape index (κ1) is 22.8. The molecule has 0 radical (unpaired) electrons. The third-order valence-corrected chi connectivity index (χ3v) is 6.59. The number of rotatable bonds is 7. The second-order valence-electron chi connectivity index (χ2n) is 7.11. The number of carbonyl (C=O) groups is 2. The van der Waals surface area contributed by atoms with Gasteiger partial charge >= 0.3 is 0 Å². The van der Waals surface area contributed by atoms with E-state index >= 15 is 0 Å². The number of nitrogens with zero attached hydrogens (tertiary/aromatic N) is 2.